The number of anilines is 1. The third-order valence-corrected chi connectivity index (χ3v) is 5.78. The molecular weight excluding hydrogens is 374 g/mol. The van der Waals surface area contributed by atoms with E-state index in [1.54, 1.807) is 19.4 Å². The van der Waals surface area contributed by atoms with Crippen LogP contribution in [0.2, 0.25) is 0 Å². The van der Waals surface area contributed by atoms with Crippen molar-refractivity contribution in [1.82, 2.24) is 20.2 Å². The zero-order valence-corrected chi connectivity index (χ0v) is 17.1. The van der Waals surface area contributed by atoms with Crippen LogP contribution in [0, 0.1) is 0 Å². The minimum absolute atomic E-state index is 0.0579. The molecule has 0 saturated carbocycles. The van der Waals surface area contributed by atoms with Crippen LogP contribution in [-0.4, -0.2) is 92.1 Å². The smallest absolute Gasteiger partial charge is 0.234 e. The van der Waals surface area contributed by atoms with Crippen LogP contribution in [0.4, 0.5) is 5.95 Å². The number of methoxy groups -OCH3 is 1. The summed E-state index contributed by atoms with van der Waals surface area (Å²) in [5.41, 5.74) is 0. The van der Waals surface area contributed by atoms with Crippen molar-refractivity contribution in [3.8, 4) is 5.88 Å². The molecule has 3 saturated heterocycles. The van der Waals surface area contributed by atoms with Gasteiger partial charge in [0.25, 0.3) is 0 Å². The van der Waals surface area contributed by atoms with Crippen LogP contribution in [0.25, 0.3) is 0 Å². The van der Waals surface area contributed by atoms with E-state index in [9.17, 15) is 4.79 Å². The number of aromatic nitrogens is 2. The quantitative estimate of drug-likeness (QED) is 0.755. The SMILES string of the molecule is COc1ccnc(N2C[C@@H]3OCC(NC(=O)CN4CCCCCC4)CO[C@H]3C2)n1. The number of hydrogen-bond donors (Lipinski definition) is 1. The predicted molar refractivity (Wildman–Crippen MR) is 107 cm³/mol. The van der Waals surface area contributed by atoms with E-state index in [1.165, 1.54) is 25.7 Å². The molecule has 1 amide bonds. The van der Waals surface area contributed by atoms with E-state index in [4.69, 9.17) is 14.2 Å². The molecule has 0 unspecified atom stereocenters. The number of fused-ring (bicyclic) bond motifs is 1. The fraction of sp³-hybridized carbons (Fsp3) is 0.750. The molecule has 4 rings (SSSR count). The van der Waals surface area contributed by atoms with Crippen molar-refractivity contribution in [3.63, 3.8) is 0 Å². The van der Waals surface area contributed by atoms with E-state index in [2.05, 4.69) is 25.1 Å². The highest BCUT2D eigenvalue weighted by Gasteiger charge is 2.38. The Morgan fingerprint density at radius 2 is 1.86 bits per heavy atom. The second-order valence-corrected chi connectivity index (χ2v) is 8.00. The van der Waals surface area contributed by atoms with Gasteiger partial charge in [0.1, 0.15) is 12.2 Å². The molecule has 9 heteroatoms. The maximum absolute atomic E-state index is 12.4. The van der Waals surface area contributed by atoms with Crippen molar-refractivity contribution in [3.05, 3.63) is 12.3 Å². The van der Waals surface area contributed by atoms with Crippen LogP contribution in [0.15, 0.2) is 12.3 Å². The summed E-state index contributed by atoms with van der Waals surface area (Å²) >= 11 is 0. The molecule has 0 bridgehead atoms. The molecular formula is C20H31N5O4. The Balaban J connectivity index is 1.25. The van der Waals surface area contributed by atoms with Crippen molar-refractivity contribution < 1.29 is 19.0 Å². The second kappa shape index (κ2) is 9.69. The van der Waals surface area contributed by atoms with E-state index >= 15 is 0 Å². The van der Waals surface area contributed by atoms with Gasteiger partial charge in [-0.15, -0.1) is 0 Å². The van der Waals surface area contributed by atoms with Crippen LogP contribution in [0.1, 0.15) is 25.7 Å². The molecule has 160 valence electrons. The van der Waals surface area contributed by atoms with Gasteiger partial charge in [0.15, 0.2) is 0 Å². The minimum Gasteiger partial charge on any atom is -0.481 e. The lowest BCUT2D eigenvalue weighted by Crippen LogP contribution is -2.46. The lowest BCUT2D eigenvalue weighted by atomic mass is 10.2. The molecule has 1 aromatic rings. The summed E-state index contributed by atoms with van der Waals surface area (Å²) in [4.78, 5) is 25.5. The average Bonchev–Trinajstić information content (AvgIpc) is 2.86. The molecule has 3 aliphatic rings. The Bertz CT molecular complexity index is 667. The second-order valence-electron chi connectivity index (χ2n) is 8.00. The van der Waals surface area contributed by atoms with Gasteiger partial charge < -0.3 is 24.4 Å². The van der Waals surface area contributed by atoms with Crippen molar-refractivity contribution >= 4 is 11.9 Å². The van der Waals surface area contributed by atoms with E-state index in [0.717, 1.165) is 13.1 Å². The van der Waals surface area contributed by atoms with Gasteiger partial charge in [-0.05, 0) is 25.9 Å². The molecule has 3 fully saturated rings. The van der Waals surface area contributed by atoms with Crippen LogP contribution in [-0.2, 0) is 14.3 Å². The van der Waals surface area contributed by atoms with Crippen molar-refractivity contribution in [2.24, 2.45) is 0 Å². The van der Waals surface area contributed by atoms with Gasteiger partial charge in [-0.1, -0.05) is 12.8 Å². The summed E-state index contributed by atoms with van der Waals surface area (Å²) in [6.07, 6.45) is 6.47. The van der Waals surface area contributed by atoms with E-state index in [1.807, 2.05) is 0 Å². The maximum Gasteiger partial charge on any atom is 0.234 e. The maximum atomic E-state index is 12.4. The fourth-order valence-corrected chi connectivity index (χ4v) is 4.21. The van der Waals surface area contributed by atoms with Crippen LogP contribution >= 0.6 is 0 Å². The number of rotatable bonds is 5. The Hall–Kier alpha value is -1.97. The number of nitrogens with zero attached hydrogens (tertiary/aromatic N) is 4. The number of ether oxygens (including phenoxy) is 3. The number of nitrogens with one attached hydrogen (secondary N) is 1. The highest BCUT2D eigenvalue weighted by atomic mass is 16.6. The number of likely N-dealkylation sites (tertiary alicyclic amines) is 1. The molecule has 3 aliphatic heterocycles. The third kappa shape index (κ3) is 5.34. The number of amides is 1. The molecule has 1 aromatic heterocycles. The monoisotopic (exact) mass is 405 g/mol. The molecule has 0 aromatic carbocycles. The Labute approximate surface area is 171 Å². The van der Waals surface area contributed by atoms with E-state index in [0.29, 0.717) is 44.7 Å². The Morgan fingerprint density at radius 1 is 1.17 bits per heavy atom. The normalized spacial score (nSPS) is 26.4. The van der Waals surface area contributed by atoms with Gasteiger partial charge in [-0.2, -0.15) is 4.98 Å². The topological polar surface area (TPSA) is 89.1 Å². The first-order valence-corrected chi connectivity index (χ1v) is 10.6. The van der Waals surface area contributed by atoms with Crippen molar-refractivity contribution in [1.29, 1.82) is 0 Å². The summed E-state index contributed by atoms with van der Waals surface area (Å²) < 4.78 is 17.3. The zero-order valence-electron chi connectivity index (χ0n) is 17.1. The first kappa shape index (κ1) is 20.3. The Morgan fingerprint density at radius 3 is 2.52 bits per heavy atom. The third-order valence-electron chi connectivity index (χ3n) is 5.78. The molecule has 29 heavy (non-hydrogen) atoms. The van der Waals surface area contributed by atoms with Crippen LogP contribution in [0.5, 0.6) is 5.88 Å². The first-order chi connectivity index (χ1) is 14.2. The van der Waals surface area contributed by atoms with Crippen molar-refractivity contribution in [2.75, 3.05) is 57.9 Å². The molecule has 1 N–H and O–H groups in total. The van der Waals surface area contributed by atoms with Gasteiger partial charge in [0.05, 0.1) is 32.9 Å². The molecule has 0 aliphatic carbocycles. The van der Waals surface area contributed by atoms with Gasteiger partial charge >= 0.3 is 0 Å². The summed E-state index contributed by atoms with van der Waals surface area (Å²) in [5.74, 6) is 1.21. The average molecular weight is 405 g/mol. The Kier molecular flexibility index (Phi) is 6.78. The summed E-state index contributed by atoms with van der Waals surface area (Å²) in [7, 11) is 1.59. The number of carbonyl (C=O) groups is 1. The summed E-state index contributed by atoms with van der Waals surface area (Å²) in [6, 6.07) is 1.62. The fourth-order valence-electron chi connectivity index (χ4n) is 4.21. The molecule has 2 atom stereocenters. The zero-order chi connectivity index (χ0) is 20.1. The number of carbonyl (C=O) groups excluding carboxylic acids is 1. The minimum atomic E-state index is -0.110. The summed E-state index contributed by atoms with van der Waals surface area (Å²) in [6.45, 7) is 4.72. The predicted octanol–water partition coefficient (Wildman–Crippen LogP) is 0.450. The van der Waals surface area contributed by atoms with Gasteiger partial charge in [0, 0.05) is 25.4 Å². The largest absolute Gasteiger partial charge is 0.481 e. The first-order valence-electron chi connectivity index (χ1n) is 10.6. The summed E-state index contributed by atoms with van der Waals surface area (Å²) in [5, 5.41) is 3.09. The highest BCUT2D eigenvalue weighted by molar-refractivity contribution is 5.78. The molecule has 0 spiro atoms. The number of hydrogen-bond acceptors (Lipinski definition) is 8. The highest BCUT2D eigenvalue weighted by Crippen LogP contribution is 2.24. The van der Waals surface area contributed by atoms with Crippen LogP contribution in [0.3, 0.4) is 0 Å². The lowest BCUT2D eigenvalue weighted by Gasteiger charge is -2.22. The van der Waals surface area contributed by atoms with Gasteiger partial charge in [0.2, 0.25) is 17.7 Å². The van der Waals surface area contributed by atoms with E-state index < -0.39 is 0 Å². The van der Waals surface area contributed by atoms with E-state index in [-0.39, 0.29) is 24.2 Å². The van der Waals surface area contributed by atoms with Crippen LogP contribution < -0.4 is 15.0 Å². The molecule has 4 heterocycles. The van der Waals surface area contributed by atoms with Gasteiger partial charge in [-0.25, -0.2) is 4.98 Å². The van der Waals surface area contributed by atoms with Crippen molar-refractivity contribution in [2.45, 2.75) is 43.9 Å². The van der Waals surface area contributed by atoms with Gasteiger partial charge in [-0.3, -0.25) is 9.69 Å². The molecule has 0 radical (unpaired) electrons. The lowest BCUT2D eigenvalue weighted by molar-refractivity contribution is -0.123. The standard InChI is InChI=1S/C20H31N5O4/c1-27-19-6-7-21-20(23-19)25-10-16-17(11-25)29-14-15(13-28-16)22-18(26)12-24-8-4-2-3-5-9-24/h6-7,15-17H,2-5,8-14H2,1H3,(H,22,26)/t16-,17-/m0/s1. The molecule has 9 nitrogen and oxygen atoms in total.